The molecule has 3 N–H and O–H groups in total. The minimum atomic E-state index is -0.187. The second-order valence-corrected chi connectivity index (χ2v) is 7.30. The highest BCUT2D eigenvalue weighted by molar-refractivity contribution is 7.14. The van der Waals surface area contributed by atoms with Crippen LogP contribution in [0.25, 0.3) is 11.3 Å². The standard InChI is InChI=1S/C21H22N4O2S/c1-13(16-7-5-4-6-8-16)22-21-25-20(12-28-21)18-10-9-17(23-14(2)26)11-19(18)24-15(3)27/h4-13H,1-3H3,(H,22,25)(H,23,26)(H,24,27)/t13-/m0/s1. The van der Waals surface area contributed by atoms with E-state index >= 15 is 0 Å². The third-order valence-electron chi connectivity index (χ3n) is 4.07. The molecular formula is C21H22N4O2S. The average Bonchev–Trinajstić information content (AvgIpc) is 3.10. The zero-order valence-corrected chi connectivity index (χ0v) is 16.8. The molecule has 1 aromatic heterocycles. The number of nitrogens with one attached hydrogen (secondary N) is 3. The summed E-state index contributed by atoms with van der Waals surface area (Å²) in [5, 5.41) is 11.7. The Morgan fingerprint density at radius 1 is 1.00 bits per heavy atom. The zero-order chi connectivity index (χ0) is 20.1. The Hall–Kier alpha value is -3.19. The maximum absolute atomic E-state index is 11.6. The van der Waals surface area contributed by atoms with Gasteiger partial charge in [0.15, 0.2) is 5.13 Å². The van der Waals surface area contributed by atoms with Gasteiger partial charge in [0.25, 0.3) is 0 Å². The topological polar surface area (TPSA) is 83.1 Å². The predicted molar refractivity (Wildman–Crippen MR) is 115 cm³/mol. The molecule has 2 aromatic carbocycles. The first-order valence-electron chi connectivity index (χ1n) is 8.89. The fraction of sp³-hybridized carbons (Fsp3) is 0.190. The third kappa shape index (κ3) is 4.95. The zero-order valence-electron chi connectivity index (χ0n) is 15.9. The minimum absolute atomic E-state index is 0.122. The lowest BCUT2D eigenvalue weighted by Gasteiger charge is -2.13. The van der Waals surface area contributed by atoms with Gasteiger partial charge in [-0.15, -0.1) is 11.3 Å². The van der Waals surface area contributed by atoms with Crippen molar-refractivity contribution < 1.29 is 9.59 Å². The molecule has 3 rings (SSSR count). The first kappa shape index (κ1) is 19.6. The molecule has 0 aliphatic rings. The van der Waals surface area contributed by atoms with Gasteiger partial charge < -0.3 is 16.0 Å². The molecule has 7 heteroatoms. The summed E-state index contributed by atoms with van der Waals surface area (Å²) < 4.78 is 0. The lowest BCUT2D eigenvalue weighted by molar-refractivity contribution is -0.115. The molecule has 3 aromatic rings. The quantitative estimate of drug-likeness (QED) is 0.555. The van der Waals surface area contributed by atoms with E-state index in [0.29, 0.717) is 11.4 Å². The largest absolute Gasteiger partial charge is 0.355 e. The normalized spacial score (nSPS) is 11.5. The van der Waals surface area contributed by atoms with E-state index in [0.717, 1.165) is 16.4 Å². The Balaban J connectivity index is 1.85. The maximum atomic E-state index is 11.6. The first-order valence-corrected chi connectivity index (χ1v) is 9.77. The molecule has 144 valence electrons. The number of hydrogen-bond acceptors (Lipinski definition) is 5. The number of aromatic nitrogens is 1. The van der Waals surface area contributed by atoms with Gasteiger partial charge in [-0.2, -0.15) is 0 Å². The van der Waals surface area contributed by atoms with Crippen LogP contribution in [0.3, 0.4) is 0 Å². The smallest absolute Gasteiger partial charge is 0.221 e. The van der Waals surface area contributed by atoms with Crippen molar-refractivity contribution in [2.75, 3.05) is 16.0 Å². The molecule has 0 unspecified atom stereocenters. The van der Waals surface area contributed by atoms with Crippen molar-refractivity contribution in [1.29, 1.82) is 0 Å². The number of anilines is 3. The molecule has 0 bridgehead atoms. The van der Waals surface area contributed by atoms with Crippen molar-refractivity contribution >= 4 is 39.7 Å². The molecule has 0 saturated carbocycles. The van der Waals surface area contributed by atoms with Crippen LogP contribution in [0.4, 0.5) is 16.5 Å². The molecule has 0 saturated heterocycles. The summed E-state index contributed by atoms with van der Waals surface area (Å²) in [6, 6.07) is 15.6. The summed E-state index contributed by atoms with van der Waals surface area (Å²) in [4.78, 5) is 27.6. The lowest BCUT2D eigenvalue weighted by Crippen LogP contribution is -2.10. The molecule has 0 aliphatic heterocycles. The van der Waals surface area contributed by atoms with E-state index in [2.05, 4.69) is 40.0 Å². The van der Waals surface area contributed by atoms with E-state index in [1.54, 1.807) is 12.1 Å². The molecule has 0 spiro atoms. The van der Waals surface area contributed by atoms with Crippen LogP contribution in [0.5, 0.6) is 0 Å². The number of thiazole rings is 1. The summed E-state index contributed by atoms with van der Waals surface area (Å²) in [5.74, 6) is -0.357. The van der Waals surface area contributed by atoms with Crippen LogP contribution in [0.15, 0.2) is 53.9 Å². The molecule has 0 fully saturated rings. The predicted octanol–water partition coefficient (Wildman–Crippen LogP) is 4.90. The number of carbonyl (C=O) groups is 2. The van der Waals surface area contributed by atoms with Crippen LogP contribution in [-0.2, 0) is 9.59 Å². The van der Waals surface area contributed by atoms with Crippen molar-refractivity contribution in [3.63, 3.8) is 0 Å². The summed E-state index contributed by atoms with van der Waals surface area (Å²) in [5.41, 5.74) is 3.95. The van der Waals surface area contributed by atoms with Gasteiger partial charge in [-0.3, -0.25) is 9.59 Å². The number of rotatable bonds is 6. The fourth-order valence-electron chi connectivity index (χ4n) is 2.82. The van der Waals surface area contributed by atoms with Gasteiger partial charge >= 0.3 is 0 Å². The molecule has 0 aliphatic carbocycles. The Kier molecular flexibility index (Phi) is 6.06. The van der Waals surface area contributed by atoms with Gasteiger partial charge in [0, 0.05) is 30.5 Å². The highest BCUT2D eigenvalue weighted by Gasteiger charge is 2.13. The highest BCUT2D eigenvalue weighted by atomic mass is 32.1. The molecular weight excluding hydrogens is 372 g/mol. The number of nitrogens with zero attached hydrogens (tertiary/aromatic N) is 1. The summed E-state index contributed by atoms with van der Waals surface area (Å²) in [6.07, 6.45) is 0. The second kappa shape index (κ2) is 8.67. The van der Waals surface area contributed by atoms with E-state index in [-0.39, 0.29) is 17.9 Å². The van der Waals surface area contributed by atoms with Crippen LogP contribution in [0.2, 0.25) is 0 Å². The van der Waals surface area contributed by atoms with E-state index in [9.17, 15) is 9.59 Å². The van der Waals surface area contributed by atoms with Gasteiger partial charge in [-0.05, 0) is 30.7 Å². The van der Waals surface area contributed by atoms with Crippen LogP contribution >= 0.6 is 11.3 Å². The van der Waals surface area contributed by atoms with Crippen LogP contribution in [-0.4, -0.2) is 16.8 Å². The van der Waals surface area contributed by atoms with Crippen molar-refractivity contribution in [2.45, 2.75) is 26.8 Å². The van der Waals surface area contributed by atoms with Gasteiger partial charge in [0.2, 0.25) is 11.8 Å². The van der Waals surface area contributed by atoms with Gasteiger partial charge in [0.05, 0.1) is 17.4 Å². The Morgan fingerprint density at radius 2 is 1.71 bits per heavy atom. The third-order valence-corrected chi connectivity index (χ3v) is 4.84. The SMILES string of the molecule is CC(=O)Nc1ccc(-c2csc(N[C@@H](C)c3ccccc3)n2)c(NC(C)=O)c1. The number of benzene rings is 2. The Labute approximate surface area is 168 Å². The summed E-state index contributed by atoms with van der Waals surface area (Å²) in [6.45, 7) is 4.98. The van der Waals surface area contributed by atoms with E-state index in [4.69, 9.17) is 0 Å². The van der Waals surface area contributed by atoms with Gasteiger partial charge in [0.1, 0.15) is 0 Å². The first-order chi connectivity index (χ1) is 13.4. The number of hydrogen-bond donors (Lipinski definition) is 3. The second-order valence-electron chi connectivity index (χ2n) is 6.44. The number of amides is 2. The lowest BCUT2D eigenvalue weighted by atomic mass is 10.1. The van der Waals surface area contributed by atoms with Gasteiger partial charge in [-0.25, -0.2) is 4.98 Å². The molecule has 28 heavy (non-hydrogen) atoms. The average molecular weight is 395 g/mol. The fourth-order valence-corrected chi connectivity index (χ4v) is 3.61. The Morgan fingerprint density at radius 3 is 2.39 bits per heavy atom. The van der Waals surface area contributed by atoms with Crippen molar-refractivity contribution in [3.8, 4) is 11.3 Å². The van der Waals surface area contributed by atoms with Crippen molar-refractivity contribution in [3.05, 3.63) is 59.5 Å². The monoisotopic (exact) mass is 394 g/mol. The van der Waals surface area contributed by atoms with Crippen molar-refractivity contribution in [2.24, 2.45) is 0 Å². The molecule has 1 heterocycles. The highest BCUT2D eigenvalue weighted by Crippen LogP contribution is 2.34. The van der Waals surface area contributed by atoms with E-state index < -0.39 is 0 Å². The maximum Gasteiger partial charge on any atom is 0.221 e. The molecule has 2 amide bonds. The summed E-state index contributed by atoms with van der Waals surface area (Å²) in [7, 11) is 0. The van der Waals surface area contributed by atoms with Crippen molar-refractivity contribution in [1.82, 2.24) is 4.98 Å². The van der Waals surface area contributed by atoms with E-state index in [1.165, 1.54) is 30.7 Å². The Bertz CT molecular complexity index is 985. The van der Waals surface area contributed by atoms with Crippen LogP contribution < -0.4 is 16.0 Å². The van der Waals surface area contributed by atoms with Crippen LogP contribution in [0.1, 0.15) is 32.4 Å². The summed E-state index contributed by atoms with van der Waals surface area (Å²) >= 11 is 1.51. The molecule has 1 atom stereocenters. The molecule has 6 nitrogen and oxygen atoms in total. The molecule has 0 radical (unpaired) electrons. The number of carbonyl (C=O) groups excluding carboxylic acids is 2. The van der Waals surface area contributed by atoms with Gasteiger partial charge in [-0.1, -0.05) is 30.3 Å². The van der Waals surface area contributed by atoms with E-state index in [1.807, 2.05) is 29.6 Å². The minimum Gasteiger partial charge on any atom is -0.355 e. The van der Waals surface area contributed by atoms with Crippen LogP contribution in [0, 0.1) is 0 Å².